The summed E-state index contributed by atoms with van der Waals surface area (Å²) < 4.78 is 10.9. The number of carbonyl (C=O) groups excluding carboxylic acids is 1. The lowest BCUT2D eigenvalue weighted by molar-refractivity contribution is 0.139. The number of carbonyl (C=O) groups is 1. The van der Waals surface area contributed by atoms with Crippen LogP contribution in [0.3, 0.4) is 0 Å². The Kier molecular flexibility index (Phi) is 12.1. The minimum Gasteiger partial charge on any atom is -0.494 e. The molecule has 1 N–H and O–H groups in total. The molecule has 0 aromatic heterocycles. The van der Waals surface area contributed by atoms with Crippen LogP contribution < -0.4 is 10.1 Å². The van der Waals surface area contributed by atoms with E-state index in [1.54, 1.807) is 0 Å². The fourth-order valence-corrected chi connectivity index (χ4v) is 3.14. The van der Waals surface area contributed by atoms with E-state index in [-0.39, 0.29) is 6.09 Å². The van der Waals surface area contributed by atoms with Gasteiger partial charge in [0.05, 0.1) is 6.61 Å². The summed E-state index contributed by atoms with van der Waals surface area (Å²) in [5, 5.41) is 2.82. The first-order chi connectivity index (χ1) is 14.3. The monoisotopic (exact) mass is 397 g/mol. The van der Waals surface area contributed by atoms with Crippen LogP contribution in [0.5, 0.6) is 5.75 Å². The van der Waals surface area contributed by atoms with Crippen LogP contribution in [0, 0.1) is 0 Å². The molecule has 2 rings (SSSR count). The van der Waals surface area contributed by atoms with Crippen LogP contribution >= 0.6 is 0 Å². The van der Waals surface area contributed by atoms with Gasteiger partial charge >= 0.3 is 6.09 Å². The largest absolute Gasteiger partial charge is 0.494 e. The molecule has 158 valence electrons. The molecule has 0 aliphatic heterocycles. The highest BCUT2D eigenvalue weighted by atomic mass is 16.5. The number of alkyl carbamates (subject to hydrolysis) is 1. The molecule has 4 nitrogen and oxygen atoms in total. The molecule has 0 aliphatic carbocycles. The molecule has 0 saturated carbocycles. The van der Waals surface area contributed by atoms with Gasteiger partial charge in [-0.1, -0.05) is 93.5 Å². The third-order valence-corrected chi connectivity index (χ3v) is 4.82. The maximum absolute atomic E-state index is 11.6. The first-order valence-electron chi connectivity index (χ1n) is 11.0. The molecule has 0 radical (unpaired) electrons. The lowest BCUT2D eigenvalue weighted by Crippen LogP contribution is -2.25. The van der Waals surface area contributed by atoms with E-state index in [0.717, 1.165) is 37.2 Å². The Labute approximate surface area is 175 Å². The van der Waals surface area contributed by atoms with E-state index >= 15 is 0 Å². The average Bonchev–Trinajstić information content (AvgIpc) is 2.77. The van der Waals surface area contributed by atoms with Crippen molar-refractivity contribution in [3.05, 3.63) is 66.2 Å². The molecule has 0 unspecified atom stereocenters. The van der Waals surface area contributed by atoms with E-state index in [4.69, 9.17) is 9.47 Å². The molecule has 29 heavy (non-hydrogen) atoms. The molecule has 0 heterocycles. The summed E-state index contributed by atoms with van der Waals surface area (Å²) in [5.41, 5.74) is 1.01. The van der Waals surface area contributed by atoms with Crippen molar-refractivity contribution < 1.29 is 14.3 Å². The minimum atomic E-state index is -0.329. The Morgan fingerprint density at radius 1 is 0.690 bits per heavy atom. The summed E-state index contributed by atoms with van der Waals surface area (Å²) in [5.74, 6) is 0.964. The zero-order valence-electron chi connectivity index (χ0n) is 17.5. The fourth-order valence-electron chi connectivity index (χ4n) is 3.14. The van der Waals surface area contributed by atoms with Gasteiger partial charge in [-0.15, -0.1) is 0 Å². The Hall–Kier alpha value is -2.49. The van der Waals surface area contributed by atoms with Crippen LogP contribution in [0.2, 0.25) is 0 Å². The van der Waals surface area contributed by atoms with E-state index in [1.807, 2.05) is 60.7 Å². The van der Waals surface area contributed by atoms with Crippen molar-refractivity contribution in [1.29, 1.82) is 0 Å². The van der Waals surface area contributed by atoms with Gasteiger partial charge in [-0.25, -0.2) is 4.79 Å². The van der Waals surface area contributed by atoms with Gasteiger partial charge in [0.15, 0.2) is 0 Å². The van der Waals surface area contributed by atoms with Crippen molar-refractivity contribution in [2.45, 2.75) is 64.4 Å². The molecule has 0 saturated heterocycles. The van der Waals surface area contributed by atoms with Crippen molar-refractivity contribution in [3.63, 3.8) is 0 Å². The molecule has 4 heteroatoms. The molecule has 2 aromatic rings. The topological polar surface area (TPSA) is 47.6 Å². The molecule has 2 aromatic carbocycles. The summed E-state index contributed by atoms with van der Waals surface area (Å²) in [6, 6.07) is 19.8. The summed E-state index contributed by atoms with van der Waals surface area (Å²) in [6.07, 6.45) is 10.6. The van der Waals surface area contributed by atoms with Crippen molar-refractivity contribution in [2.24, 2.45) is 0 Å². The zero-order valence-corrected chi connectivity index (χ0v) is 17.5. The predicted molar refractivity (Wildman–Crippen MR) is 118 cm³/mol. The minimum absolute atomic E-state index is 0.324. The van der Waals surface area contributed by atoms with Gasteiger partial charge in [0.2, 0.25) is 0 Å². The lowest BCUT2D eigenvalue weighted by atomic mass is 10.1. The number of amides is 1. The second-order valence-corrected chi connectivity index (χ2v) is 7.33. The predicted octanol–water partition coefficient (Wildman–Crippen LogP) is 6.50. The summed E-state index contributed by atoms with van der Waals surface area (Å²) in [7, 11) is 0. The highest BCUT2D eigenvalue weighted by Crippen LogP contribution is 2.12. The van der Waals surface area contributed by atoms with Crippen LogP contribution in [0.4, 0.5) is 4.79 Å². The maximum atomic E-state index is 11.6. The fraction of sp³-hybridized carbons (Fsp3) is 0.480. The van der Waals surface area contributed by atoms with Crippen molar-refractivity contribution in [1.82, 2.24) is 5.32 Å². The smallest absolute Gasteiger partial charge is 0.407 e. The Morgan fingerprint density at radius 2 is 1.24 bits per heavy atom. The Morgan fingerprint density at radius 3 is 1.90 bits per heavy atom. The van der Waals surface area contributed by atoms with Crippen LogP contribution in [0.1, 0.15) is 63.4 Å². The zero-order chi connectivity index (χ0) is 20.4. The third-order valence-electron chi connectivity index (χ3n) is 4.82. The Balaban J connectivity index is 1.30. The number of ether oxygens (including phenoxy) is 2. The van der Waals surface area contributed by atoms with Crippen LogP contribution in [-0.2, 0) is 11.3 Å². The van der Waals surface area contributed by atoms with Crippen LogP contribution in [0.25, 0.3) is 0 Å². The summed E-state index contributed by atoms with van der Waals surface area (Å²) in [4.78, 5) is 11.6. The number of hydrogen-bond acceptors (Lipinski definition) is 3. The van der Waals surface area contributed by atoms with Gasteiger partial charge in [-0.3, -0.25) is 0 Å². The van der Waals surface area contributed by atoms with E-state index in [2.05, 4.69) is 5.32 Å². The van der Waals surface area contributed by atoms with E-state index in [0.29, 0.717) is 13.2 Å². The number of nitrogens with one attached hydrogen (secondary N) is 1. The first kappa shape index (κ1) is 22.8. The molecule has 0 fully saturated rings. The van der Waals surface area contributed by atoms with Gasteiger partial charge in [-0.2, -0.15) is 0 Å². The third kappa shape index (κ3) is 11.8. The maximum Gasteiger partial charge on any atom is 0.407 e. The number of rotatable bonds is 15. The SMILES string of the molecule is O=C(NCCCCCCCCCCCOc1ccccc1)OCc1ccccc1. The summed E-state index contributed by atoms with van der Waals surface area (Å²) >= 11 is 0. The lowest BCUT2D eigenvalue weighted by Gasteiger charge is -2.07. The molecular weight excluding hydrogens is 362 g/mol. The van der Waals surface area contributed by atoms with Crippen molar-refractivity contribution in [3.8, 4) is 5.75 Å². The van der Waals surface area contributed by atoms with Gasteiger partial charge in [-0.05, 0) is 30.5 Å². The van der Waals surface area contributed by atoms with E-state index in [1.165, 1.54) is 38.5 Å². The van der Waals surface area contributed by atoms with Crippen molar-refractivity contribution >= 4 is 6.09 Å². The molecule has 1 amide bonds. The number of unbranched alkanes of at least 4 members (excludes halogenated alkanes) is 8. The highest BCUT2D eigenvalue weighted by Gasteiger charge is 2.01. The van der Waals surface area contributed by atoms with E-state index < -0.39 is 0 Å². The van der Waals surface area contributed by atoms with E-state index in [9.17, 15) is 4.79 Å². The van der Waals surface area contributed by atoms with Crippen molar-refractivity contribution in [2.75, 3.05) is 13.2 Å². The number of para-hydroxylation sites is 1. The Bertz CT molecular complexity index is 646. The van der Waals surface area contributed by atoms with Gasteiger partial charge < -0.3 is 14.8 Å². The quantitative estimate of drug-likeness (QED) is 0.349. The molecule has 0 aliphatic rings. The first-order valence-corrected chi connectivity index (χ1v) is 11.0. The molecule has 0 spiro atoms. The van der Waals surface area contributed by atoms with Crippen LogP contribution in [0.15, 0.2) is 60.7 Å². The number of hydrogen-bond donors (Lipinski definition) is 1. The standard InChI is InChI=1S/C25H35NO3/c27-25(29-22-23-16-10-8-11-17-23)26-20-14-6-4-2-1-3-5-7-15-21-28-24-18-12-9-13-19-24/h8-13,16-19H,1-7,14-15,20-22H2,(H,26,27). The molecular formula is C25H35NO3. The van der Waals surface area contributed by atoms with Gasteiger partial charge in [0.25, 0.3) is 0 Å². The highest BCUT2D eigenvalue weighted by molar-refractivity contribution is 5.67. The van der Waals surface area contributed by atoms with Gasteiger partial charge in [0, 0.05) is 6.54 Å². The van der Waals surface area contributed by atoms with Crippen LogP contribution in [-0.4, -0.2) is 19.2 Å². The average molecular weight is 398 g/mol. The summed E-state index contributed by atoms with van der Waals surface area (Å²) in [6.45, 7) is 1.82. The van der Waals surface area contributed by atoms with Gasteiger partial charge in [0.1, 0.15) is 12.4 Å². The molecule has 0 atom stereocenters. The normalized spacial score (nSPS) is 10.5. The molecule has 0 bridgehead atoms. The second-order valence-electron chi connectivity index (χ2n) is 7.33. The second kappa shape index (κ2) is 15.4. The number of benzene rings is 2.